The molecular weight excluding hydrogens is 386 g/mol. The average Bonchev–Trinajstić information content (AvgIpc) is 3.03. The van der Waals surface area contributed by atoms with E-state index in [4.69, 9.17) is 11.6 Å². The second-order valence-corrected chi connectivity index (χ2v) is 8.95. The molecule has 1 aliphatic rings. The molecule has 0 radical (unpaired) electrons. The van der Waals surface area contributed by atoms with Gasteiger partial charge in [0, 0.05) is 43.8 Å². The van der Waals surface area contributed by atoms with E-state index in [2.05, 4.69) is 20.4 Å². The van der Waals surface area contributed by atoms with Crippen LogP contribution in [0.4, 0.5) is 10.8 Å². The molecule has 1 fully saturated rings. The Morgan fingerprint density at radius 1 is 1.24 bits per heavy atom. The van der Waals surface area contributed by atoms with Crippen molar-refractivity contribution in [3.05, 3.63) is 29.3 Å². The molecular formula is C14H16ClN5O3S2. The van der Waals surface area contributed by atoms with Gasteiger partial charge < -0.3 is 10.2 Å². The molecule has 0 bridgehead atoms. The fourth-order valence-corrected chi connectivity index (χ4v) is 5.18. The number of nitrogens with zero attached hydrogens (tertiary/aromatic N) is 4. The molecule has 11 heteroatoms. The van der Waals surface area contributed by atoms with Gasteiger partial charge in [0.2, 0.25) is 15.4 Å². The van der Waals surface area contributed by atoms with Crippen LogP contribution in [0.25, 0.3) is 0 Å². The van der Waals surface area contributed by atoms with Gasteiger partial charge in [0.1, 0.15) is 0 Å². The number of hydrogen-bond acceptors (Lipinski definition) is 7. The summed E-state index contributed by atoms with van der Waals surface area (Å²) in [4.78, 5) is 13.1. The summed E-state index contributed by atoms with van der Waals surface area (Å²) in [5.74, 6) is -0.324. The van der Waals surface area contributed by atoms with E-state index in [1.54, 1.807) is 6.07 Å². The van der Waals surface area contributed by atoms with E-state index in [-0.39, 0.29) is 15.4 Å². The Kier molecular flexibility index (Phi) is 5.23. The Balaban J connectivity index is 1.69. The summed E-state index contributed by atoms with van der Waals surface area (Å²) < 4.78 is 26.6. The van der Waals surface area contributed by atoms with Gasteiger partial charge in [-0.1, -0.05) is 29.0 Å². The van der Waals surface area contributed by atoms with Crippen molar-refractivity contribution < 1.29 is 13.2 Å². The number of hydrogen-bond donors (Lipinski definition) is 1. The molecule has 3 rings (SSSR count). The molecule has 0 unspecified atom stereocenters. The maximum Gasteiger partial charge on any atom is 0.272 e. The quantitative estimate of drug-likeness (QED) is 0.783. The number of carbonyl (C=O) groups is 1. The number of benzene rings is 1. The van der Waals surface area contributed by atoms with Crippen molar-refractivity contribution in [3.63, 3.8) is 0 Å². The Labute approximate surface area is 154 Å². The highest BCUT2D eigenvalue weighted by molar-refractivity contribution is 7.91. The van der Waals surface area contributed by atoms with Crippen molar-refractivity contribution in [1.29, 1.82) is 0 Å². The van der Waals surface area contributed by atoms with Gasteiger partial charge in [0.05, 0.1) is 0 Å². The Bertz CT molecular complexity index is 878. The van der Waals surface area contributed by atoms with Gasteiger partial charge in [0.25, 0.3) is 10.0 Å². The van der Waals surface area contributed by atoms with Crippen LogP contribution in [0, 0.1) is 0 Å². The first-order chi connectivity index (χ1) is 11.9. The molecule has 0 atom stereocenters. The topological polar surface area (TPSA) is 95.5 Å². The molecule has 1 saturated heterocycles. The zero-order valence-corrected chi connectivity index (χ0v) is 15.7. The SMILES string of the molecule is CC(=O)Nc1nnc(S(=O)(=O)N2CCN(c3cccc(Cl)c3)CC2)s1. The summed E-state index contributed by atoms with van der Waals surface area (Å²) >= 11 is 6.85. The predicted molar refractivity (Wildman–Crippen MR) is 96.6 cm³/mol. The first-order valence-corrected chi connectivity index (χ1v) is 10.1. The number of nitrogens with one attached hydrogen (secondary N) is 1. The summed E-state index contributed by atoms with van der Waals surface area (Å²) in [5.41, 5.74) is 0.966. The van der Waals surface area contributed by atoms with Crippen molar-refractivity contribution in [1.82, 2.24) is 14.5 Å². The molecule has 1 aromatic heterocycles. The van der Waals surface area contributed by atoms with Gasteiger partial charge in [-0.15, -0.1) is 10.2 Å². The van der Waals surface area contributed by atoms with E-state index >= 15 is 0 Å². The fourth-order valence-electron chi connectivity index (χ4n) is 2.49. The minimum atomic E-state index is -3.72. The number of sulfonamides is 1. The summed E-state index contributed by atoms with van der Waals surface area (Å²) in [5, 5.41) is 10.6. The first-order valence-electron chi connectivity index (χ1n) is 7.48. The third-order valence-corrected chi connectivity index (χ3v) is 6.98. The smallest absolute Gasteiger partial charge is 0.272 e. The van der Waals surface area contributed by atoms with Crippen LogP contribution in [0.5, 0.6) is 0 Å². The summed E-state index contributed by atoms with van der Waals surface area (Å²) in [6.45, 7) is 3.10. The van der Waals surface area contributed by atoms with E-state index in [1.807, 2.05) is 18.2 Å². The highest BCUT2D eigenvalue weighted by Gasteiger charge is 2.31. The minimum absolute atomic E-state index is 0.118. The highest BCUT2D eigenvalue weighted by atomic mass is 35.5. The average molecular weight is 402 g/mol. The van der Waals surface area contributed by atoms with Gasteiger partial charge in [-0.2, -0.15) is 4.31 Å². The van der Waals surface area contributed by atoms with Gasteiger partial charge in [0.15, 0.2) is 0 Å². The summed E-state index contributed by atoms with van der Waals surface area (Å²) in [6.07, 6.45) is 0. The molecule has 0 aliphatic carbocycles. The second-order valence-electron chi connectivity index (χ2n) is 5.43. The van der Waals surface area contributed by atoms with Crippen LogP contribution in [-0.2, 0) is 14.8 Å². The van der Waals surface area contributed by atoms with Crippen LogP contribution in [0.15, 0.2) is 28.6 Å². The molecule has 1 aromatic carbocycles. The third kappa shape index (κ3) is 4.09. The molecule has 134 valence electrons. The van der Waals surface area contributed by atoms with Gasteiger partial charge >= 0.3 is 0 Å². The molecule has 0 saturated carbocycles. The Morgan fingerprint density at radius 3 is 2.60 bits per heavy atom. The largest absolute Gasteiger partial charge is 0.369 e. The lowest BCUT2D eigenvalue weighted by atomic mass is 10.2. The molecule has 0 spiro atoms. The van der Waals surface area contributed by atoms with Crippen molar-refractivity contribution in [2.75, 3.05) is 36.4 Å². The third-order valence-electron chi connectivity index (χ3n) is 3.66. The normalized spacial score (nSPS) is 16.0. The van der Waals surface area contributed by atoms with Gasteiger partial charge in [-0.25, -0.2) is 8.42 Å². The number of halogens is 1. The summed E-state index contributed by atoms with van der Waals surface area (Å²) in [7, 11) is -3.72. The van der Waals surface area contributed by atoms with Crippen LogP contribution < -0.4 is 10.2 Å². The zero-order valence-electron chi connectivity index (χ0n) is 13.3. The molecule has 1 amide bonds. The number of rotatable bonds is 4. The van der Waals surface area contributed by atoms with Gasteiger partial charge in [-0.3, -0.25) is 4.79 Å². The minimum Gasteiger partial charge on any atom is -0.369 e. The first kappa shape index (κ1) is 18.1. The van der Waals surface area contributed by atoms with E-state index in [1.165, 1.54) is 11.2 Å². The van der Waals surface area contributed by atoms with Crippen LogP contribution in [0.3, 0.4) is 0 Å². The lowest BCUT2D eigenvalue weighted by molar-refractivity contribution is -0.114. The van der Waals surface area contributed by atoms with Crippen LogP contribution >= 0.6 is 22.9 Å². The monoisotopic (exact) mass is 401 g/mol. The number of amides is 1. The fraction of sp³-hybridized carbons (Fsp3) is 0.357. The zero-order chi connectivity index (χ0) is 18.0. The Hall–Kier alpha value is -1.75. The molecule has 25 heavy (non-hydrogen) atoms. The molecule has 2 aromatic rings. The number of aromatic nitrogens is 2. The Morgan fingerprint density at radius 2 is 1.96 bits per heavy atom. The van der Waals surface area contributed by atoms with E-state index < -0.39 is 10.0 Å². The van der Waals surface area contributed by atoms with Crippen molar-refractivity contribution in [3.8, 4) is 0 Å². The predicted octanol–water partition coefficient (Wildman–Crippen LogP) is 1.66. The summed E-state index contributed by atoms with van der Waals surface area (Å²) in [6, 6.07) is 7.47. The van der Waals surface area contributed by atoms with Crippen LogP contribution in [0.2, 0.25) is 5.02 Å². The number of piperazine rings is 1. The molecule has 1 aliphatic heterocycles. The number of anilines is 2. The van der Waals surface area contributed by atoms with Crippen molar-refractivity contribution in [2.45, 2.75) is 11.3 Å². The second kappa shape index (κ2) is 7.24. The van der Waals surface area contributed by atoms with Crippen LogP contribution in [0.1, 0.15) is 6.92 Å². The van der Waals surface area contributed by atoms with Crippen molar-refractivity contribution >= 4 is 49.7 Å². The van der Waals surface area contributed by atoms with Crippen LogP contribution in [-0.4, -0.2) is 55.0 Å². The van der Waals surface area contributed by atoms with Crippen molar-refractivity contribution in [2.24, 2.45) is 0 Å². The van der Waals surface area contributed by atoms with E-state index in [9.17, 15) is 13.2 Å². The highest BCUT2D eigenvalue weighted by Crippen LogP contribution is 2.26. The maximum atomic E-state index is 12.7. The molecule has 2 heterocycles. The van der Waals surface area contributed by atoms with E-state index in [0.717, 1.165) is 17.0 Å². The van der Waals surface area contributed by atoms with E-state index in [0.29, 0.717) is 31.2 Å². The lowest BCUT2D eigenvalue weighted by Crippen LogP contribution is -2.48. The maximum absolute atomic E-state index is 12.7. The molecule has 8 nitrogen and oxygen atoms in total. The van der Waals surface area contributed by atoms with Gasteiger partial charge in [-0.05, 0) is 18.2 Å². The molecule has 1 N–H and O–H groups in total. The lowest BCUT2D eigenvalue weighted by Gasteiger charge is -2.34. The standard InChI is InChI=1S/C14H16ClN5O3S2/c1-10(21)16-13-17-18-14(24-13)25(22,23)20-7-5-19(6-8-20)12-4-2-3-11(15)9-12/h2-4,9H,5-8H2,1H3,(H,16,17,21). The number of carbonyl (C=O) groups excluding carboxylic acids is 1.